The van der Waals surface area contributed by atoms with E-state index in [0.717, 1.165) is 22.0 Å². The molecule has 0 fully saturated rings. The number of carbonyl (C=O) groups is 2. The zero-order valence-electron chi connectivity index (χ0n) is 17.8. The highest BCUT2D eigenvalue weighted by molar-refractivity contribution is 5.99. The minimum absolute atomic E-state index is 0.195. The first-order valence-corrected chi connectivity index (χ1v) is 10.0. The van der Waals surface area contributed by atoms with Gasteiger partial charge in [-0.15, -0.1) is 0 Å². The Morgan fingerprint density at radius 2 is 1.81 bits per heavy atom. The van der Waals surface area contributed by atoms with E-state index in [2.05, 4.69) is 4.98 Å². The molecule has 7 heteroatoms. The molecule has 0 bridgehead atoms. The van der Waals surface area contributed by atoms with Crippen LogP contribution in [-0.4, -0.2) is 41.5 Å². The van der Waals surface area contributed by atoms with Gasteiger partial charge in [0.05, 0.1) is 31.0 Å². The zero-order chi connectivity index (χ0) is 22.4. The molecule has 0 spiro atoms. The van der Waals surface area contributed by atoms with Crippen LogP contribution in [0.15, 0.2) is 60.8 Å². The minimum Gasteiger partial charge on any atom is -0.479 e. The van der Waals surface area contributed by atoms with Crippen molar-refractivity contribution >= 4 is 28.7 Å². The molecule has 0 aliphatic rings. The third-order valence-corrected chi connectivity index (χ3v) is 4.78. The predicted octanol–water partition coefficient (Wildman–Crippen LogP) is 4.43. The number of rotatable bonds is 8. The third-order valence-electron chi connectivity index (χ3n) is 4.78. The Kier molecular flexibility index (Phi) is 7.20. The van der Waals surface area contributed by atoms with Crippen LogP contribution >= 0.6 is 0 Å². The van der Waals surface area contributed by atoms with Crippen LogP contribution in [0.5, 0.6) is 0 Å². The second-order valence-corrected chi connectivity index (χ2v) is 7.44. The van der Waals surface area contributed by atoms with Crippen LogP contribution in [0.1, 0.15) is 25.0 Å². The molecule has 1 atom stereocenters. The van der Waals surface area contributed by atoms with Crippen LogP contribution in [0, 0.1) is 0 Å². The first kappa shape index (κ1) is 22.2. The van der Waals surface area contributed by atoms with Gasteiger partial charge in [0.2, 0.25) is 0 Å². The quantitative estimate of drug-likeness (QED) is 0.578. The summed E-state index contributed by atoms with van der Waals surface area (Å²) in [6, 6.07) is 16.8. The summed E-state index contributed by atoms with van der Waals surface area (Å²) < 4.78 is 10.5. The number of methoxy groups -OCH3 is 1. The number of hydrogen-bond acceptors (Lipinski definition) is 5. The first-order valence-electron chi connectivity index (χ1n) is 10.0. The molecule has 1 amide bonds. The van der Waals surface area contributed by atoms with Crippen molar-refractivity contribution in [2.24, 2.45) is 0 Å². The Hall–Kier alpha value is -3.45. The molecule has 0 saturated carbocycles. The number of nitrogens with zero attached hydrogens (tertiary/aromatic N) is 2. The largest absolute Gasteiger partial charge is 0.479 e. The molecule has 0 aliphatic heterocycles. The van der Waals surface area contributed by atoms with Gasteiger partial charge in [0.15, 0.2) is 6.10 Å². The van der Waals surface area contributed by atoms with Crippen molar-refractivity contribution in [1.29, 1.82) is 0 Å². The van der Waals surface area contributed by atoms with Crippen molar-refractivity contribution < 1.29 is 24.2 Å². The maximum atomic E-state index is 12.6. The molecule has 2 aromatic carbocycles. The molecule has 0 aliphatic carbocycles. The number of amides is 1. The topological polar surface area (TPSA) is 89.0 Å². The highest BCUT2D eigenvalue weighted by Crippen LogP contribution is 2.27. The number of carboxylic acid groups (broad SMARTS) is 1. The smallest absolute Gasteiger partial charge is 0.414 e. The van der Waals surface area contributed by atoms with Gasteiger partial charge in [-0.2, -0.15) is 0 Å². The third kappa shape index (κ3) is 5.58. The fourth-order valence-corrected chi connectivity index (χ4v) is 3.45. The number of ether oxygens (including phenoxy) is 2. The van der Waals surface area contributed by atoms with Crippen LogP contribution in [0.2, 0.25) is 0 Å². The molecular weight excluding hydrogens is 396 g/mol. The van der Waals surface area contributed by atoms with Crippen molar-refractivity contribution in [3.8, 4) is 0 Å². The molecule has 3 aromatic rings. The van der Waals surface area contributed by atoms with Crippen molar-refractivity contribution in [2.45, 2.75) is 39.0 Å². The lowest BCUT2D eigenvalue weighted by Crippen LogP contribution is -2.31. The summed E-state index contributed by atoms with van der Waals surface area (Å²) in [6.45, 7) is 3.87. The molecule has 31 heavy (non-hydrogen) atoms. The van der Waals surface area contributed by atoms with Gasteiger partial charge < -0.3 is 14.6 Å². The number of para-hydroxylation sites is 1. The highest BCUT2D eigenvalue weighted by atomic mass is 16.5. The van der Waals surface area contributed by atoms with Gasteiger partial charge in [-0.25, -0.2) is 9.59 Å². The molecule has 0 radical (unpaired) electrons. The number of carboxylic acids is 1. The summed E-state index contributed by atoms with van der Waals surface area (Å²) in [6.07, 6.45) is 0.270. The van der Waals surface area contributed by atoms with Crippen molar-refractivity contribution in [3.05, 3.63) is 71.9 Å². The van der Waals surface area contributed by atoms with Gasteiger partial charge in [-0.05, 0) is 37.1 Å². The zero-order valence-corrected chi connectivity index (χ0v) is 17.8. The lowest BCUT2D eigenvalue weighted by Gasteiger charge is -2.23. The Morgan fingerprint density at radius 1 is 1.06 bits per heavy atom. The summed E-state index contributed by atoms with van der Waals surface area (Å²) in [7, 11) is 1.34. The molecule has 1 unspecified atom stereocenters. The second kappa shape index (κ2) is 10.0. The fraction of sp³-hybridized carbons (Fsp3) is 0.292. The van der Waals surface area contributed by atoms with Crippen molar-refractivity contribution in [2.75, 3.05) is 12.0 Å². The molecule has 1 N–H and O–H groups in total. The van der Waals surface area contributed by atoms with E-state index in [1.54, 1.807) is 31.0 Å². The van der Waals surface area contributed by atoms with E-state index in [0.29, 0.717) is 5.69 Å². The number of fused-ring (bicyclic) bond motifs is 1. The highest BCUT2D eigenvalue weighted by Gasteiger charge is 2.22. The maximum Gasteiger partial charge on any atom is 0.414 e. The van der Waals surface area contributed by atoms with E-state index in [9.17, 15) is 14.7 Å². The van der Waals surface area contributed by atoms with Gasteiger partial charge in [-0.1, -0.05) is 42.5 Å². The Balaban J connectivity index is 1.90. The van der Waals surface area contributed by atoms with Crippen LogP contribution in [0.25, 0.3) is 10.9 Å². The number of benzene rings is 2. The fourth-order valence-electron chi connectivity index (χ4n) is 3.45. The minimum atomic E-state index is -1.00. The Bertz CT molecular complexity index is 1060. The predicted molar refractivity (Wildman–Crippen MR) is 118 cm³/mol. The van der Waals surface area contributed by atoms with Crippen molar-refractivity contribution in [3.63, 3.8) is 0 Å². The lowest BCUT2D eigenvalue weighted by atomic mass is 10.0. The van der Waals surface area contributed by atoms with E-state index in [1.807, 2.05) is 48.5 Å². The van der Waals surface area contributed by atoms with Gasteiger partial charge in [0.1, 0.15) is 0 Å². The van der Waals surface area contributed by atoms with Gasteiger partial charge in [-0.3, -0.25) is 9.88 Å². The van der Waals surface area contributed by atoms with Crippen LogP contribution in [0.3, 0.4) is 0 Å². The maximum absolute atomic E-state index is 12.6. The molecule has 1 aromatic heterocycles. The average molecular weight is 422 g/mol. The van der Waals surface area contributed by atoms with E-state index < -0.39 is 18.2 Å². The molecule has 3 rings (SSSR count). The number of aliphatic carboxylic acids is 1. The summed E-state index contributed by atoms with van der Waals surface area (Å²) in [4.78, 5) is 30.1. The SMILES string of the molecule is COC(=O)N(Cc1cccc(CC(OC(C)C)C(=O)O)c1)c1ccnc2ccccc12. The number of anilines is 1. The van der Waals surface area contributed by atoms with Gasteiger partial charge in [0.25, 0.3) is 0 Å². The van der Waals surface area contributed by atoms with E-state index in [4.69, 9.17) is 9.47 Å². The lowest BCUT2D eigenvalue weighted by molar-refractivity contribution is -0.153. The second-order valence-electron chi connectivity index (χ2n) is 7.44. The number of aromatic nitrogens is 1. The summed E-state index contributed by atoms with van der Waals surface area (Å²) in [5, 5.41) is 10.3. The van der Waals surface area contributed by atoms with Gasteiger partial charge >= 0.3 is 12.1 Å². The molecule has 0 saturated heterocycles. The van der Waals surface area contributed by atoms with Crippen LogP contribution < -0.4 is 4.90 Å². The number of hydrogen-bond donors (Lipinski definition) is 1. The molecule has 7 nitrogen and oxygen atoms in total. The van der Waals surface area contributed by atoms with E-state index in [-0.39, 0.29) is 19.1 Å². The summed E-state index contributed by atoms with van der Waals surface area (Å²) >= 11 is 0. The van der Waals surface area contributed by atoms with Crippen LogP contribution in [-0.2, 0) is 27.2 Å². The number of carbonyl (C=O) groups excluding carboxylic acids is 1. The van der Waals surface area contributed by atoms with Crippen LogP contribution in [0.4, 0.5) is 10.5 Å². The summed E-state index contributed by atoms with van der Waals surface area (Å²) in [5.74, 6) is -1.00. The van der Waals surface area contributed by atoms with E-state index in [1.165, 1.54) is 7.11 Å². The molecule has 162 valence electrons. The standard InChI is InChI=1S/C24H26N2O5/c1-16(2)31-22(23(27)28)14-17-7-6-8-18(13-17)15-26(24(29)30-3)21-11-12-25-20-10-5-4-9-19(20)21/h4-13,16,22H,14-15H2,1-3H3,(H,27,28). The summed E-state index contributed by atoms with van der Waals surface area (Å²) in [5.41, 5.74) is 3.12. The number of pyridine rings is 1. The van der Waals surface area contributed by atoms with Crippen molar-refractivity contribution in [1.82, 2.24) is 4.98 Å². The Labute approximate surface area is 181 Å². The average Bonchev–Trinajstić information content (AvgIpc) is 2.76. The van der Waals surface area contributed by atoms with Gasteiger partial charge in [0, 0.05) is 18.0 Å². The molecule has 1 heterocycles. The Morgan fingerprint density at radius 3 is 2.52 bits per heavy atom. The monoisotopic (exact) mass is 422 g/mol. The first-order chi connectivity index (χ1) is 14.9. The van der Waals surface area contributed by atoms with E-state index >= 15 is 0 Å². The normalized spacial score (nSPS) is 12.0. The molecular formula is C24H26N2O5.